The molecular weight excluding hydrogens is 244 g/mol. The summed E-state index contributed by atoms with van der Waals surface area (Å²) in [6.07, 6.45) is 1.50. The van der Waals surface area contributed by atoms with Crippen molar-refractivity contribution in [3.05, 3.63) is 0 Å². The highest BCUT2D eigenvalue weighted by Gasteiger charge is 2.44. The Balaban J connectivity index is 2.55. The number of likely N-dealkylation sites (N-methyl/N-ethyl adjacent to an activating group) is 1. The number of methoxy groups -OCH3 is 1. The lowest BCUT2D eigenvalue weighted by atomic mass is 9.80. The molecule has 2 N–H and O–H groups in total. The van der Waals surface area contributed by atoms with Crippen molar-refractivity contribution in [2.45, 2.75) is 44.8 Å². The molecule has 1 saturated heterocycles. The van der Waals surface area contributed by atoms with Gasteiger partial charge in [0.2, 0.25) is 5.91 Å². The summed E-state index contributed by atoms with van der Waals surface area (Å²) in [7, 11) is 3.54. The van der Waals surface area contributed by atoms with E-state index in [4.69, 9.17) is 9.47 Å². The first-order valence-corrected chi connectivity index (χ1v) is 6.98. The average Bonchev–Trinajstić information content (AvgIpc) is 2.39. The SMILES string of the molecule is CNC1(C(=O)NCCC(C)(C)OC)CCOC[C@H]1C. The van der Waals surface area contributed by atoms with Crippen molar-refractivity contribution in [2.75, 3.05) is 33.9 Å². The van der Waals surface area contributed by atoms with E-state index in [1.165, 1.54) is 0 Å². The predicted molar refractivity (Wildman–Crippen MR) is 75.1 cm³/mol. The van der Waals surface area contributed by atoms with Gasteiger partial charge < -0.3 is 20.1 Å². The van der Waals surface area contributed by atoms with E-state index >= 15 is 0 Å². The molecule has 19 heavy (non-hydrogen) atoms. The van der Waals surface area contributed by atoms with Gasteiger partial charge in [0.05, 0.1) is 12.2 Å². The van der Waals surface area contributed by atoms with Gasteiger partial charge in [-0.05, 0) is 33.7 Å². The van der Waals surface area contributed by atoms with Gasteiger partial charge in [0, 0.05) is 26.2 Å². The fourth-order valence-corrected chi connectivity index (χ4v) is 2.44. The maximum atomic E-state index is 12.5. The lowest BCUT2D eigenvalue weighted by Gasteiger charge is -2.41. The summed E-state index contributed by atoms with van der Waals surface area (Å²) in [5.41, 5.74) is -0.711. The predicted octanol–water partition coefficient (Wildman–Crippen LogP) is 0.932. The minimum absolute atomic E-state index is 0.0673. The molecule has 0 bridgehead atoms. The average molecular weight is 272 g/mol. The topological polar surface area (TPSA) is 59.6 Å². The van der Waals surface area contributed by atoms with Gasteiger partial charge in [0.15, 0.2) is 0 Å². The van der Waals surface area contributed by atoms with Gasteiger partial charge in [-0.1, -0.05) is 6.92 Å². The molecule has 0 spiro atoms. The molecule has 0 aliphatic carbocycles. The van der Waals surface area contributed by atoms with E-state index in [2.05, 4.69) is 10.6 Å². The molecule has 0 radical (unpaired) electrons. The molecule has 1 rings (SSSR count). The molecule has 1 aliphatic heterocycles. The van der Waals surface area contributed by atoms with Crippen LogP contribution in [-0.2, 0) is 14.3 Å². The van der Waals surface area contributed by atoms with Gasteiger partial charge in [-0.2, -0.15) is 0 Å². The number of nitrogens with one attached hydrogen (secondary N) is 2. The lowest BCUT2D eigenvalue weighted by Crippen LogP contribution is -2.63. The van der Waals surface area contributed by atoms with Crippen molar-refractivity contribution in [1.82, 2.24) is 10.6 Å². The van der Waals surface area contributed by atoms with Crippen molar-refractivity contribution < 1.29 is 14.3 Å². The molecule has 112 valence electrons. The maximum Gasteiger partial charge on any atom is 0.240 e. The Morgan fingerprint density at radius 3 is 2.74 bits per heavy atom. The quantitative estimate of drug-likeness (QED) is 0.755. The molecule has 0 saturated carbocycles. The summed E-state index contributed by atoms with van der Waals surface area (Å²) in [6.45, 7) is 7.96. The van der Waals surface area contributed by atoms with Crippen molar-refractivity contribution in [3.63, 3.8) is 0 Å². The van der Waals surface area contributed by atoms with Crippen LogP contribution in [0.3, 0.4) is 0 Å². The largest absolute Gasteiger partial charge is 0.381 e. The van der Waals surface area contributed by atoms with E-state index < -0.39 is 5.54 Å². The standard InChI is InChI=1S/C14H28N2O3/c1-11-10-19-9-7-14(11,15-4)12(17)16-8-6-13(2,3)18-5/h11,15H,6-10H2,1-5H3,(H,16,17)/t11-,14?/m1/s1. The van der Waals surface area contributed by atoms with E-state index in [0.717, 1.165) is 6.42 Å². The highest BCUT2D eigenvalue weighted by Crippen LogP contribution is 2.26. The zero-order valence-corrected chi connectivity index (χ0v) is 12.8. The second kappa shape index (κ2) is 6.68. The van der Waals surface area contributed by atoms with Crippen molar-refractivity contribution in [3.8, 4) is 0 Å². The fraction of sp³-hybridized carbons (Fsp3) is 0.929. The van der Waals surface area contributed by atoms with Crippen LogP contribution in [-0.4, -0.2) is 51.0 Å². The lowest BCUT2D eigenvalue weighted by molar-refractivity contribution is -0.135. The second-order valence-electron chi connectivity index (χ2n) is 5.92. The van der Waals surface area contributed by atoms with Crippen LogP contribution in [0.25, 0.3) is 0 Å². The van der Waals surface area contributed by atoms with Gasteiger partial charge in [0.25, 0.3) is 0 Å². The third kappa shape index (κ3) is 3.91. The molecule has 5 heteroatoms. The van der Waals surface area contributed by atoms with Crippen molar-refractivity contribution in [2.24, 2.45) is 5.92 Å². The summed E-state index contributed by atoms with van der Waals surface area (Å²) in [5.74, 6) is 0.236. The monoisotopic (exact) mass is 272 g/mol. The Kier molecular flexibility index (Phi) is 5.77. The van der Waals surface area contributed by atoms with E-state index in [0.29, 0.717) is 26.2 Å². The number of ether oxygens (including phenoxy) is 2. The number of carbonyl (C=O) groups is 1. The molecule has 0 aromatic heterocycles. The molecule has 1 unspecified atom stereocenters. The van der Waals surface area contributed by atoms with Crippen LogP contribution >= 0.6 is 0 Å². The molecule has 1 amide bonds. The van der Waals surface area contributed by atoms with Crippen LogP contribution in [0.1, 0.15) is 33.6 Å². The van der Waals surface area contributed by atoms with Crippen LogP contribution in [0.15, 0.2) is 0 Å². The third-order valence-corrected chi connectivity index (χ3v) is 4.27. The van der Waals surface area contributed by atoms with E-state index in [9.17, 15) is 4.79 Å². The van der Waals surface area contributed by atoms with Crippen LogP contribution in [0.5, 0.6) is 0 Å². The second-order valence-corrected chi connectivity index (χ2v) is 5.92. The molecule has 0 aromatic carbocycles. The normalized spacial score (nSPS) is 28.2. The number of amides is 1. The first-order valence-electron chi connectivity index (χ1n) is 6.98. The van der Waals surface area contributed by atoms with Gasteiger partial charge in [-0.3, -0.25) is 4.79 Å². The minimum Gasteiger partial charge on any atom is -0.381 e. The molecule has 5 nitrogen and oxygen atoms in total. The van der Waals surface area contributed by atoms with E-state index in [1.54, 1.807) is 7.11 Å². The van der Waals surface area contributed by atoms with Crippen LogP contribution in [0.2, 0.25) is 0 Å². The highest BCUT2D eigenvalue weighted by molar-refractivity contribution is 5.86. The number of rotatable bonds is 6. The number of hydrogen-bond donors (Lipinski definition) is 2. The first-order chi connectivity index (χ1) is 8.88. The summed E-state index contributed by atoms with van der Waals surface area (Å²) in [6, 6.07) is 0. The van der Waals surface area contributed by atoms with Crippen LogP contribution in [0, 0.1) is 5.92 Å². The fourth-order valence-electron chi connectivity index (χ4n) is 2.44. The Labute approximate surface area is 116 Å². The summed E-state index contributed by atoms with van der Waals surface area (Å²) in [4.78, 5) is 12.5. The Morgan fingerprint density at radius 2 is 2.21 bits per heavy atom. The van der Waals surface area contributed by atoms with E-state index in [1.807, 2.05) is 27.8 Å². The van der Waals surface area contributed by atoms with Crippen LogP contribution in [0.4, 0.5) is 0 Å². The Bertz CT molecular complexity index is 307. The third-order valence-electron chi connectivity index (χ3n) is 4.27. The molecular formula is C14H28N2O3. The Hall–Kier alpha value is -0.650. The van der Waals surface area contributed by atoms with Gasteiger partial charge in [-0.25, -0.2) is 0 Å². The van der Waals surface area contributed by atoms with Gasteiger partial charge in [0.1, 0.15) is 5.54 Å². The smallest absolute Gasteiger partial charge is 0.240 e. The molecule has 1 heterocycles. The molecule has 1 aliphatic rings. The molecule has 0 aromatic rings. The zero-order chi connectivity index (χ0) is 14.5. The number of hydrogen-bond acceptors (Lipinski definition) is 4. The first kappa shape index (κ1) is 16.4. The maximum absolute atomic E-state index is 12.5. The van der Waals surface area contributed by atoms with Gasteiger partial charge in [-0.15, -0.1) is 0 Å². The molecule has 2 atom stereocenters. The highest BCUT2D eigenvalue weighted by atomic mass is 16.5. The zero-order valence-electron chi connectivity index (χ0n) is 12.8. The summed E-state index contributed by atoms with van der Waals surface area (Å²) in [5, 5.41) is 6.23. The van der Waals surface area contributed by atoms with Crippen molar-refractivity contribution >= 4 is 5.91 Å². The molecule has 1 fully saturated rings. The van der Waals surface area contributed by atoms with Crippen molar-refractivity contribution in [1.29, 1.82) is 0 Å². The van der Waals surface area contributed by atoms with E-state index in [-0.39, 0.29) is 17.4 Å². The minimum atomic E-state index is -0.504. The summed E-state index contributed by atoms with van der Waals surface area (Å²) >= 11 is 0. The summed E-state index contributed by atoms with van der Waals surface area (Å²) < 4.78 is 10.8. The Morgan fingerprint density at radius 1 is 1.53 bits per heavy atom. The number of carbonyl (C=O) groups excluding carboxylic acids is 1. The van der Waals surface area contributed by atoms with Crippen LogP contribution < -0.4 is 10.6 Å². The van der Waals surface area contributed by atoms with Gasteiger partial charge >= 0.3 is 0 Å².